The normalized spacial score (nSPS) is 16.2. The largest absolute Gasteiger partial charge is 0.396 e. The third kappa shape index (κ3) is 5.97. The van der Waals surface area contributed by atoms with Crippen molar-refractivity contribution in [3.8, 4) is 11.4 Å². The first kappa shape index (κ1) is 22.5. The van der Waals surface area contributed by atoms with Crippen LogP contribution < -0.4 is 5.73 Å². The fraction of sp³-hybridized carbons (Fsp3) is 0.360. The zero-order valence-corrected chi connectivity index (χ0v) is 18.9. The Bertz CT molecular complexity index is 1080. The number of oxime groups is 1. The highest BCUT2D eigenvalue weighted by Gasteiger charge is 2.29. The Kier molecular flexibility index (Phi) is 7.34. The fourth-order valence-electron chi connectivity index (χ4n) is 3.90. The first-order valence-electron chi connectivity index (χ1n) is 11.3. The zero-order chi connectivity index (χ0) is 23.0. The molecule has 4 rings (SSSR count). The molecule has 3 N–H and O–H groups in total. The van der Waals surface area contributed by atoms with E-state index >= 15 is 0 Å². The van der Waals surface area contributed by atoms with Gasteiger partial charge in [0.25, 0.3) is 0 Å². The topological polar surface area (TPSA) is 114 Å². The van der Waals surface area contributed by atoms with E-state index in [1.807, 2.05) is 42.2 Å². The lowest BCUT2D eigenvalue weighted by molar-refractivity contribution is 0.140. The molecule has 8 nitrogen and oxygen atoms in total. The molecule has 1 aliphatic rings. The molecular weight excluding hydrogens is 416 g/mol. The molecule has 8 heteroatoms. The van der Waals surface area contributed by atoms with Crippen molar-refractivity contribution < 1.29 is 9.36 Å². The molecule has 0 amide bonds. The molecule has 0 radical (unpaired) electrons. The number of likely N-dealkylation sites (tertiary alicyclic amines) is 1. The predicted molar refractivity (Wildman–Crippen MR) is 128 cm³/mol. The summed E-state index contributed by atoms with van der Waals surface area (Å²) in [6, 6.07) is 18.4. The third-order valence-electron chi connectivity index (χ3n) is 5.88. The number of guanidine groups is 1. The molecule has 0 saturated carbocycles. The second-order valence-corrected chi connectivity index (χ2v) is 8.30. The summed E-state index contributed by atoms with van der Waals surface area (Å²) >= 11 is 0. The van der Waals surface area contributed by atoms with Crippen molar-refractivity contribution in [2.24, 2.45) is 10.9 Å². The molecule has 172 valence electrons. The van der Waals surface area contributed by atoms with E-state index in [1.165, 1.54) is 5.56 Å². The van der Waals surface area contributed by atoms with Crippen LogP contribution >= 0.6 is 0 Å². The molecule has 1 unspecified atom stereocenters. The quantitative estimate of drug-likeness (QED) is 0.221. The lowest BCUT2D eigenvalue weighted by Gasteiger charge is -2.14. The van der Waals surface area contributed by atoms with E-state index in [9.17, 15) is 0 Å². The second kappa shape index (κ2) is 10.8. The van der Waals surface area contributed by atoms with E-state index in [-0.39, 0.29) is 11.9 Å². The van der Waals surface area contributed by atoms with E-state index in [1.54, 1.807) is 0 Å². The van der Waals surface area contributed by atoms with Crippen molar-refractivity contribution in [1.82, 2.24) is 15.0 Å². The third-order valence-corrected chi connectivity index (χ3v) is 5.88. The van der Waals surface area contributed by atoms with Gasteiger partial charge >= 0.3 is 0 Å². The number of benzene rings is 2. The summed E-state index contributed by atoms with van der Waals surface area (Å²) in [5, 5.41) is 15.9. The van der Waals surface area contributed by atoms with Gasteiger partial charge < -0.3 is 20.0 Å². The van der Waals surface area contributed by atoms with Gasteiger partial charge in [-0.25, -0.2) is 0 Å². The molecule has 3 aromatic rings. The fourth-order valence-corrected chi connectivity index (χ4v) is 3.90. The van der Waals surface area contributed by atoms with Gasteiger partial charge in [0, 0.05) is 18.7 Å². The number of nitrogens with two attached hydrogens (primary N) is 1. The van der Waals surface area contributed by atoms with Crippen LogP contribution in [0.25, 0.3) is 11.4 Å². The van der Waals surface area contributed by atoms with Crippen molar-refractivity contribution in [2.75, 3.05) is 19.7 Å². The Balaban J connectivity index is 1.25. The highest BCUT2D eigenvalue weighted by molar-refractivity contribution is 5.98. The molecule has 2 heterocycles. The molecule has 0 aliphatic carbocycles. The lowest BCUT2D eigenvalue weighted by Crippen LogP contribution is -2.34. The molecule has 1 atom stereocenters. The van der Waals surface area contributed by atoms with Crippen molar-refractivity contribution in [2.45, 2.75) is 38.5 Å². The maximum Gasteiger partial charge on any atom is 0.231 e. The molecule has 2 aromatic carbocycles. The summed E-state index contributed by atoms with van der Waals surface area (Å²) in [6.45, 7) is 3.92. The smallest absolute Gasteiger partial charge is 0.231 e. The summed E-state index contributed by atoms with van der Waals surface area (Å²) in [7, 11) is 0. The maximum absolute atomic E-state index is 7.56. The molecule has 1 fully saturated rings. The summed E-state index contributed by atoms with van der Waals surface area (Å²) in [4.78, 5) is 11.9. The Morgan fingerprint density at radius 2 is 1.97 bits per heavy atom. The average molecular weight is 447 g/mol. The van der Waals surface area contributed by atoms with E-state index in [0.717, 1.165) is 49.1 Å². The van der Waals surface area contributed by atoms with Crippen molar-refractivity contribution >= 4 is 11.7 Å². The van der Waals surface area contributed by atoms with Crippen LogP contribution in [0.5, 0.6) is 0 Å². The standard InChI is InChI=1S/C25H30N6O2/c1-18(29-32-16-6-5-9-19-7-3-2-4-8-19)20-10-12-21(13-11-20)23-28-24(33-30-23)22-14-15-31(17-22)25(26)27/h2-4,7-8,10-13,22H,5-6,9,14-17H2,1H3,(H3,26,27). The Morgan fingerprint density at radius 1 is 1.18 bits per heavy atom. The van der Waals surface area contributed by atoms with Gasteiger partial charge in [0.05, 0.1) is 11.6 Å². The van der Waals surface area contributed by atoms with Gasteiger partial charge in [0.2, 0.25) is 11.7 Å². The number of aromatic nitrogens is 2. The lowest BCUT2D eigenvalue weighted by atomic mass is 10.1. The van der Waals surface area contributed by atoms with Gasteiger partial charge in [-0.2, -0.15) is 4.98 Å². The van der Waals surface area contributed by atoms with Crippen LogP contribution in [0.4, 0.5) is 0 Å². The summed E-state index contributed by atoms with van der Waals surface area (Å²) < 4.78 is 5.48. The average Bonchev–Trinajstić information content (AvgIpc) is 3.52. The van der Waals surface area contributed by atoms with Gasteiger partial charge in [-0.3, -0.25) is 5.41 Å². The molecule has 1 aliphatic heterocycles. The second-order valence-electron chi connectivity index (χ2n) is 8.30. The molecule has 0 bridgehead atoms. The van der Waals surface area contributed by atoms with Gasteiger partial charge in [-0.05, 0) is 43.7 Å². The Hall–Kier alpha value is -3.68. The van der Waals surface area contributed by atoms with Gasteiger partial charge in [-0.15, -0.1) is 0 Å². The predicted octanol–water partition coefficient (Wildman–Crippen LogP) is 4.18. The Labute approximate surface area is 193 Å². The van der Waals surface area contributed by atoms with Crippen LogP contribution in [0.3, 0.4) is 0 Å². The summed E-state index contributed by atoms with van der Waals surface area (Å²) in [5.41, 5.74) is 9.62. The number of unbranched alkanes of at least 4 members (excludes halogenated alkanes) is 1. The van der Waals surface area contributed by atoms with E-state index in [0.29, 0.717) is 24.9 Å². The van der Waals surface area contributed by atoms with E-state index in [4.69, 9.17) is 20.5 Å². The van der Waals surface area contributed by atoms with Crippen LogP contribution in [0.15, 0.2) is 64.3 Å². The minimum absolute atomic E-state index is 0.0843. The van der Waals surface area contributed by atoms with Crippen LogP contribution in [0.2, 0.25) is 0 Å². The number of aryl methyl sites for hydroxylation is 1. The zero-order valence-electron chi connectivity index (χ0n) is 18.9. The highest BCUT2D eigenvalue weighted by atomic mass is 16.6. The SMILES string of the molecule is CC(=NOCCCCc1ccccc1)c1ccc(-c2noc(C3CCN(C(=N)N)C3)n2)cc1. The first-order valence-corrected chi connectivity index (χ1v) is 11.3. The number of hydrogen-bond acceptors (Lipinski definition) is 6. The molecule has 1 saturated heterocycles. The van der Waals surface area contributed by atoms with Crippen molar-refractivity contribution in [3.05, 3.63) is 71.6 Å². The number of hydrogen-bond donors (Lipinski definition) is 2. The molecule has 33 heavy (non-hydrogen) atoms. The van der Waals surface area contributed by atoms with Gasteiger partial charge in [0.1, 0.15) is 6.61 Å². The van der Waals surface area contributed by atoms with Crippen LogP contribution in [-0.4, -0.2) is 46.4 Å². The number of nitrogens with zero attached hydrogens (tertiary/aromatic N) is 4. The highest BCUT2D eigenvalue weighted by Crippen LogP contribution is 2.27. The molecular formula is C25H30N6O2. The monoisotopic (exact) mass is 446 g/mol. The van der Waals surface area contributed by atoms with E-state index < -0.39 is 0 Å². The minimum Gasteiger partial charge on any atom is -0.396 e. The van der Waals surface area contributed by atoms with Crippen LogP contribution in [0.1, 0.15) is 49.1 Å². The summed E-state index contributed by atoms with van der Waals surface area (Å²) in [6.07, 6.45) is 3.95. The minimum atomic E-state index is 0.0843. The van der Waals surface area contributed by atoms with Crippen LogP contribution in [0, 0.1) is 5.41 Å². The summed E-state index contributed by atoms with van der Waals surface area (Å²) in [5.74, 6) is 1.34. The molecule has 1 aromatic heterocycles. The van der Waals surface area contributed by atoms with Crippen molar-refractivity contribution in [1.29, 1.82) is 5.41 Å². The number of rotatable bonds is 9. The van der Waals surface area contributed by atoms with Crippen LogP contribution in [-0.2, 0) is 11.3 Å². The van der Waals surface area contributed by atoms with Crippen molar-refractivity contribution in [3.63, 3.8) is 0 Å². The van der Waals surface area contributed by atoms with Gasteiger partial charge in [0.15, 0.2) is 5.96 Å². The first-order chi connectivity index (χ1) is 16.1. The van der Waals surface area contributed by atoms with Gasteiger partial charge in [-0.1, -0.05) is 64.9 Å². The maximum atomic E-state index is 7.56. The Morgan fingerprint density at radius 3 is 2.70 bits per heavy atom. The molecule has 0 spiro atoms. The van der Waals surface area contributed by atoms with E-state index in [2.05, 4.69) is 39.6 Å². The number of nitrogens with one attached hydrogen (secondary N) is 1.